The molecule has 1 aromatic heterocycles. The molecule has 0 bridgehead atoms. The summed E-state index contributed by atoms with van der Waals surface area (Å²) in [6.45, 7) is 5.39. The lowest BCUT2D eigenvalue weighted by atomic mass is 9.96. The zero-order valence-electron chi connectivity index (χ0n) is 9.68. The number of thioether (sulfide) groups is 1. The van der Waals surface area contributed by atoms with Gasteiger partial charge in [0.15, 0.2) is 4.34 Å². The van der Waals surface area contributed by atoms with Crippen LogP contribution in [0, 0.1) is 5.41 Å². The number of rotatable bonds is 4. The summed E-state index contributed by atoms with van der Waals surface area (Å²) < 4.78 is 0.525. The van der Waals surface area contributed by atoms with Crippen LogP contribution in [-0.4, -0.2) is 32.9 Å². The molecule has 8 heteroatoms. The van der Waals surface area contributed by atoms with Crippen molar-refractivity contribution in [2.24, 2.45) is 5.41 Å². The SMILES string of the molecule is CC(C)(C)C(=O)Nc1nnc(SCC(=O)O)s1. The topological polar surface area (TPSA) is 92.2 Å². The minimum Gasteiger partial charge on any atom is -0.481 e. The number of carbonyl (C=O) groups excluding carboxylic acids is 1. The highest BCUT2D eigenvalue weighted by Gasteiger charge is 2.22. The molecule has 0 saturated carbocycles. The van der Waals surface area contributed by atoms with Gasteiger partial charge in [-0.15, -0.1) is 10.2 Å². The van der Waals surface area contributed by atoms with Crippen LogP contribution in [0.5, 0.6) is 0 Å². The highest BCUT2D eigenvalue weighted by Crippen LogP contribution is 2.26. The number of carboxylic acids is 1. The second kappa shape index (κ2) is 5.46. The maximum Gasteiger partial charge on any atom is 0.313 e. The van der Waals surface area contributed by atoms with Crippen molar-refractivity contribution in [3.63, 3.8) is 0 Å². The van der Waals surface area contributed by atoms with E-state index in [0.29, 0.717) is 9.47 Å². The molecule has 1 heterocycles. The standard InChI is InChI=1S/C9H13N3O3S2/c1-9(2,3)6(15)10-7-11-12-8(17-7)16-4-5(13)14/h4H2,1-3H3,(H,13,14)(H,10,11,15). The van der Waals surface area contributed by atoms with E-state index in [1.807, 2.05) is 0 Å². The first-order chi connectivity index (χ1) is 7.79. The summed E-state index contributed by atoms with van der Waals surface area (Å²) in [5, 5.41) is 19.1. The molecular formula is C9H13N3O3S2. The van der Waals surface area contributed by atoms with E-state index in [4.69, 9.17) is 5.11 Å². The average Bonchev–Trinajstić information content (AvgIpc) is 2.61. The Hall–Kier alpha value is -1.15. The first-order valence-electron chi connectivity index (χ1n) is 4.78. The minimum absolute atomic E-state index is 0.0676. The summed E-state index contributed by atoms with van der Waals surface area (Å²) in [6.07, 6.45) is 0. The largest absolute Gasteiger partial charge is 0.481 e. The molecule has 0 unspecified atom stereocenters. The molecule has 0 aliphatic rings. The van der Waals surface area contributed by atoms with Crippen LogP contribution in [0.1, 0.15) is 20.8 Å². The number of aromatic nitrogens is 2. The summed E-state index contributed by atoms with van der Waals surface area (Å²) in [4.78, 5) is 22.0. The molecule has 2 N–H and O–H groups in total. The fourth-order valence-electron chi connectivity index (χ4n) is 0.727. The van der Waals surface area contributed by atoms with Gasteiger partial charge < -0.3 is 10.4 Å². The normalized spacial score (nSPS) is 11.2. The number of anilines is 1. The van der Waals surface area contributed by atoms with Crippen molar-refractivity contribution < 1.29 is 14.7 Å². The predicted molar refractivity (Wildman–Crippen MR) is 66.4 cm³/mol. The third kappa shape index (κ3) is 4.70. The van der Waals surface area contributed by atoms with Gasteiger partial charge in [-0.2, -0.15) is 0 Å². The quantitative estimate of drug-likeness (QED) is 0.642. The molecule has 0 radical (unpaired) electrons. The summed E-state index contributed by atoms with van der Waals surface area (Å²) in [5.74, 6) is -1.13. The summed E-state index contributed by atoms with van der Waals surface area (Å²) in [7, 11) is 0. The Kier molecular flexibility index (Phi) is 4.47. The Labute approximate surface area is 107 Å². The van der Waals surface area contributed by atoms with Gasteiger partial charge in [-0.1, -0.05) is 43.9 Å². The molecule has 0 aromatic carbocycles. The van der Waals surface area contributed by atoms with E-state index in [9.17, 15) is 9.59 Å². The molecule has 94 valence electrons. The van der Waals surface area contributed by atoms with Gasteiger partial charge in [-0.25, -0.2) is 0 Å². The zero-order valence-corrected chi connectivity index (χ0v) is 11.3. The second-order valence-electron chi connectivity index (χ2n) is 4.26. The van der Waals surface area contributed by atoms with E-state index < -0.39 is 11.4 Å². The number of aliphatic carboxylic acids is 1. The first-order valence-corrected chi connectivity index (χ1v) is 6.59. The Morgan fingerprint density at radius 3 is 2.59 bits per heavy atom. The van der Waals surface area contributed by atoms with Gasteiger partial charge in [-0.3, -0.25) is 9.59 Å². The van der Waals surface area contributed by atoms with Crippen molar-refractivity contribution in [2.45, 2.75) is 25.1 Å². The van der Waals surface area contributed by atoms with Gasteiger partial charge in [0, 0.05) is 5.41 Å². The highest BCUT2D eigenvalue weighted by molar-refractivity contribution is 8.01. The van der Waals surface area contributed by atoms with Crippen molar-refractivity contribution in [1.82, 2.24) is 10.2 Å². The molecule has 0 aliphatic heterocycles. The maximum atomic E-state index is 11.6. The van der Waals surface area contributed by atoms with Crippen LogP contribution in [0.2, 0.25) is 0 Å². The summed E-state index contributed by atoms with van der Waals surface area (Å²) in [6, 6.07) is 0. The maximum absolute atomic E-state index is 11.6. The van der Waals surface area contributed by atoms with Crippen LogP contribution in [-0.2, 0) is 9.59 Å². The average molecular weight is 275 g/mol. The third-order valence-corrected chi connectivity index (χ3v) is 3.58. The van der Waals surface area contributed by atoms with Gasteiger partial charge >= 0.3 is 5.97 Å². The van der Waals surface area contributed by atoms with Crippen LogP contribution in [0.3, 0.4) is 0 Å². The van der Waals surface area contributed by atoms with Crippen LogP contribution in [0.25, 0.3) is 0 Å². The molecule has 0 spiro atoms. The molecule has 1 amide bonds. The number of carbonyl (C=O) groups is 2. The van der Waals surface area contributed by atoms with Crippen molar-refractivity contribution in [2.75, 3.05) is 11.1 Å². The molecule has 0 fully saturated rings. The summed E-state index contributed by atoms with van der Waals surface area (Å²) >= 11 is 2.24. The lowest BCUT2D eigenvalue weighted by Crippen LogP contribution is -2.27. The van der Waals surface area contributed by atoms with Crippen molar-refractivity contribution in [3.05, 3.63) is 0 Å². The highest BCUT2D eigenvalue weighted by atomic mass is 32.2. The van der Waals surface area contributed by atoms with E-state index in [2.05, 4.69) is 15.5 Å². The van der Waals surface area contributed by atoms with Crippen LogP contribution in [0.4, 0.5) is 5.13 Å². The Balaban J connectivity index is 2.57. The second-order valence-corrected chi connectivity index (χ2v) is 6.46. The van der Waals surface area contributed by atoms with Gasteiger partial charge in [0.2, 0.25) is 11.0 Å². The molecule has 0 atom stereocenters. The molecule has 6 nitrogen and oxygen atoms in total. The van der Waals surface area contributed by atoms with Crippen LogP contribution >= 0.6 is 23.1 Å². The van der Waals surface area contributed by atoms with Gasteiger partial charge in [0.1, 0.15) is 0 Å². The van der Waals surface area contributed by atoms with E-state index in [-0.39, 0.29) is 11.7 Å². The van der Waals surface area contributed by atoms with Crippen molar-refractivity contribution in [3.8, 4) is 0 Å². The van der Waals surface area contributed by atoms with Crippen molar-refractivity contribution in [1.29, 1.82) is 0 Å². The van der Waals surface area contributed by atoms with Crippen LogP contribution in [0.15, 0.2) is 4.34 Å². The number of carboxylic acid groups (broad SMARTS) is 1. The Morgan fingerprint density at radius 2 is 2.06 bits per heavy atom. The minimum atomic E-state index is -0.912. The fraction of sp³-hybridized carbons (Fsp3) is 0.556. The third-order valence-electron chi connectivity index (χ3n) is 1.63. The first kappa shape index (κ1) is 13.9. The molecule has 0 aliphatic carbocycles. The lowest BCUT2D eigenvalue weighted by molar-refractivity contribution is -0.134. The van der Waals surface area contributed by atoms with Gasteiger partial charge in [0.25, 0.3) is 0 Å². The number of amides is 1. The Bertz CT molecular complexity index is 425. The van der Waals surface area contributed by atoms with E-state index in [1.54, 1.807) is 20.8 Å². The van der Waals surface area contributed by atoms with E-state index >= 15 is 0 Å². The molecule has 1 aromatic rings. The monoisotopic (exact) mass is 275 g/mol. The number of nitrogens with one attached hydrogen (secondary N) is 1. The van der Waals surface area contributed by atoms with Gasteiger partial charge in [0.05, 0.1) is 5.75 Å². The van der Waals surface area contributed by atoms with E-state index in [0.717, 1.165) is 23.1 Å². The lowest BCUT2D eigenvalue weighted by Gasteiger charge is -2.15. The number of hydrogen-bond acceptors (Lipinski definition) is 6. The predicted octanol–water partition coefficient (Wildman–Crippen LogP) is 1.70. The molecule has 17 heavy (non-hydrogen) atoms. The summed E-state index contributed by atoms with van der Waals surface area (Å²) in [5.41, 5.74) is -0.500. The van der Waals surface area contributed by atoms with Gasteiger partial charge in [-0.05, 0) is 0 Å². The number of hydrogen-bond donors (Lipinski definition) is 2. The molecule has 0 saturated heterocycles. The smallest absolute Gasteiger partial charge is 0.313 e. The fourth-order valence-corrected chi connectivity index (χ4v) is 2.19. The van der Waals surface area contributed by atoms with Crippen LogP contribution < -0.4 is 5.32 Å². The Morgan fingerprint density at radius 1 is 1.41 bits per heavy atom. The molecular weight excluding hydrogens is 262 g/mol. The number of nitrogens with zero attached hydrogens (tertiary/aromatic N) is 2. The zero-order chi connectivity index (χ0) is 13.1. The van der Waals surface area contributed by atoms with Crippen molar-refractivity contribution >= 4 is 40.1 Å². The van der Waals surface area contributed by atoms with E-state index in [1.165, 1.54) is 0 Å². The molecule has 1 rings (SSSR count).